The minimum atomic E-state index is -3.19. The molecule has 2 heteroatoms. The summed E-state index contributed by atoms with van der Waals surface area (Å²) in [5, 5.41) is 5.11. The van der Waals surface area contributed by atoms with E-state index < -0.39 is 7.14 Å². The molecule has 0 amide bonds. The van der Waals surface area contributed by atoms with Crippen LogP contribution in [0.5, 0.6) is 0 Å². The maximum Gasteiger partial charge on any atom is 0.171 e. The summed E-state index contributed by atoms with van der Waals surface area (Å²) in [6.07, 6.45) is 0. The van der Waals surface area contributed by atoms with Crippen molar-refractivity contribution in [2.24, 2.45) is 0 Å². The lowest BCUT2D eigenvalue weighted by Crippen LogP contribution is -2.30. The molecule has 5 aromatic carbocycles. The molecule has 0 saturated heterocycles. The first-order valence-electron chi connectivity index (χ1n) is 12.2. The summed E-state index contributed by atoms with van der Waals surface area (Å²) in [6.45, 7) is 10.9. The van der Waals surface area contributed by atoms with Gasteiger partial charge < -0.3 is 4.57 Å². The Labute approximate surface area is 208 Å². The molecule has 1 nitrogen and oxygen atoms in total. The van der Waals surface area contributed by atoms with E-state index >= 15 is 4.57 Å². The Morgan fingerprint density at radius 3 is 1.60 bits per heavy atom. The van der Waals surface area contributed by atoms with Crippen LogP contribution in [0.3, 0.4) is 0 Å². The first kappa shape index (κ1) is 23.3. The number of hydrogen-bond donors (Lipinski definition) is 0. The van der Waals surface area contributed by atoms with Crippen LogP contribution < -0.4 is 15.9 Å². The molecule has 0 aliphatic heterocycles. The Morgan fingerprint density at radius 1 is 0.486 bits per heavy atom. The zero-order valence-electron chi connectivity index (χ0n) is 21.1. The SMILES string of the molecule is Cc1ccc2ccccc2c1-c1c(C)c(C)c(C)c(C)c1P(=O)(c1ccccc1)c1ccccc1. The summed E-state index contributed by atoms with van der Waals surface area (Å²) in [5.74, 6) is 0. The minimum absolute atomic E-state index is 0.871. The Bertz CT molecular complexity index is 1550. The van der Waals surface area contributed by atoms with Gasteiger partial charge in [0.05, 0.1) is 0 Å². The van der Waals surface area contributed by atoms with Crippen molar-refractivity contribution >= 4 is 33.8 Å². The molecule has 0 atom stereocenters. The van der Waals surface area contributed by atoms with E-state index in [9.17, 15) is 0 Å². The van der Waals surface area contributed by atoms with Crippen molar-refractivity contribution in [3.8, 4) is 11.1 Å². The Kier molecular flexibility index (Phi) is 5.99. The van der Waals surface area contributed by atoms with Gasteiger partial charge in [0.25, 0.3) is 0 Å². The number of aryl methyl sites for hydroxylation is 1. The predicted molar refractivity (Wildman–Crippen MR) is 152 cm³/mol. The Morgan fingerprint density at radius 2 is 1.00 bits per heavy atom. The third-order valence-corrected chi connectivity index (χ3v) is 10.8. The van der Waals surface area contributed by atoms with Crippen molar-refractivity contribution < 1.29 is 4.57 Å². The highest BCUT2D eigenvalue weighted by atomic mass is 31.2. The van der Waals surface area contributed by atoms with Gasteiger partial charge >= 0.3 is 0 Å². The minimum Gasteiger partial charge on any atom is -0.309 e. The predicted octanol–water partition coefficient (Wildman–Crippen LogP) is 7.69. The molecule has 0 N–H and O–H groups in total. The molecule has 0 aliphatic rings. The molecule has 5 rings (SSSR count). The summed E-state index contributed by atoms with van der Waals surface area (Å²) in [7, 11) is -3.19. The maximum atomic E-state index is 15.7. The zero-order valence-corrected chi connectivity index (χ0v) is 22.0. The van der Waals surface area contributed by atoms with Crippen LogP contribution in [0.1, 0.15) is 27.8 Å². The van der Waals surface area contributed by atoms with E-state index in [0.717, 1.165) is 27.0 Å². The fourth-order valence-corrected chi connectivity index (χ4v) is 8.62. The molecular formula is C33H31OP. The summed E-state index contributed by atoms with van der Waals surface area (Å²) in [6, 6.07) is 33.0. The van der Waals surface area contributed by atoms with Crippen molar-refractivity contribution in [3.05, 3.63) is 125 Å². The number of fused-ring (bicyclic) bond motifs is 1. The van der Waals surface area contributed by atoms with E-state index in [4.69, 9.17) is 0 Å². The summed E-state index contributed by atoms with van der Waals surface area (Å²) < 4.78 is 15.7. The van der Waals surface area contributed by atoms with Crippen LogP contribution >= 0.6 is 7.14 Å². The molecule has 174 valence electrons. The van der Waals surface area contributed by atoms with Crippen molar-refractivity contribution in [1.29, 1.82) is 0 Å². The first-order valence-corrected chi connectivity index (χ1v) is 13.9. The topological polar surface area (TPSA) is 17.1 Å². The van der Waals surface area contributed by atoms with Crippen LogP contribution in [0.2, 0.25) is 0 Å². The lowest BCUT2D eigenvalue weighted by molar-refractivity contribution is 0.592. The van der Waals surface area contributed by atoms with Gasteiger partial charge in [0.2, 0.25) is 0 Å². The van der Waals surface area contributed by atoms with E-state index in [0.29, 0.717) is 0 Å². The maximum absolute atomic E-state index is 15.7. The summed E-state index contributed by atoms with van der Waals surface area (Å²) >= 11 is 0. The average Bonchev–Trinajstić information content (AvgIpc) is 2.90. The second-order valence-corrected chi connectivity index (χ2v) is 12.2. The van der Waals surface area contributed by atoms with E-state index in [1.807, 2.05) is 60.7 Å². The van der Waals surface area contributed by atoms with Gasteiger partial charge in [-0.3, -0.25) is 0 Å². The second-order valence-electron chi connectivity index (χ2n) is 9.48. The van der Waals surface area contributed by atoms with Crippen LogP contribution in [-0.2, 0) is 4.57 Å². The molecule has 0 spiro atoms. The number of rotatable bonds is 4. The van der Waals surface area contributed by atoms with Gasteiger partial charge in [-0.2, -0.15) is 0 Å². The van der Waals surface area contributed by atoms with Crippen LogP contribution in [0, 0.1) is 34.6 Å². The molecular weight excluding hydrogens is 443 g/mol. The van der Waals surface area contributed by atoms with Gasteiger partial charge in [0.1, 0.15) is 0 Å². The molecule has 0 aromatic heterocycles. The van der Waals surface area contributed by atoms with Gasteiger partial charge in [0.15, 0.2) is 7.14 Å². The van der Waals surface area contributed by atoms with Crippen molar-refractivity contribution in [1.82, 2.24) is 0 Å². The fraction of sp³-hybridized carbons (Fsp3) is 0.152. The average molecular weight is 475 g/mol. The summed E-state index contributed by atoms with van der Waals surface area (Å²) in [4.78, 5) is 0. The van der Waals surface area contributed by atoms with Gasteiger partial charge in [-0.1, -0.05) is 97.1 Å². The standard InChI is InChI=1S/C33H31OP/c1-22-20-21-27-14-12-13-19-30(27)31(22)32-25(4)23(2)24(3)26(5)33(32)35(34,28-15-8-6-9-16-28)29-17-10-7-11-18-29/h6-21H,1-5H3. The Hall–Kier alpha value is -3.41. The highest BCUT2D eigenvalue weighted by Crippen LogP contribution is 2.49. The first-order chi connectivity index (χ1) is 16.9. The molecule has 0 radical (unpaired) electrons. The lowest BCUT2D eigenvalue weighted by atomic mass is 9.86. The van der Waals surface area contributed by atoms with Gasteiger partial charge in [-0.25, -0.2) is 0 Å². The smallest absolute Gasteiger partial charge is 0.171 e. The van der Waals surface area contributed by atoms with Crippen molar-refractivity contribution in [3.63, 3.8) is 0 Å². The molecule has 0 unspecified atom stereocenters. The third kappa shape index (κ3) is 3.67. The molecule has 35 heavy (non-hydrogen) atoms. The van der Waals surface area contributed by atoms with Gasteiger partial charge in [-0.15, -0.1) is 0 Å². The van der Waals surface area contributed by atoms with Crippen molar-refractivity contribution in [2.75, 3.05) is 0 Å². The Balaban J connectivity index is 2.03. The molecule has 5 aromatic rings. The lowest BCUT2D eigenvalue weighted by Gasteiger charge is -2.29. The van der Waals surface area contributed by atoms with E-state index in [2.05, 4.69) is 71.0 Å². The normalized spacial score (nSPS) is 11.7. The second kappa shape index (κ2) is 8.99. The van der Waals surface area contributed by atoms with E-state index in [1.54, 1.807) is 0 Å². The van der Waals surface area contributed by atoms with E-state index in [-0.39, 0.29) is 0 Å². The monoisotopic (exact) mass is 474 g/mol. The van der Waals surface area contributed by atoms with Gasteiger partial charge in [0, 0.05) is 15.9 Å². The number of hydrogen-bond acceptors (Lipinski definition) is 1. The van der Waals surface area contributed by atoms with Gasteiger partial charge in [-0.05, 0) is 84.3 Å². The largest absolute Gasteiger partial charge is 0.309 e. The molecule has 0 bridgehead atoms. The third-order valence-electron chi connectivity index (χ3n) is 7.60. The molecule has 0 aliphatic carbocycles. The van der Waals surface area contributed by atoms with Crippen molar-refractivity contribution in [2.45, 2.75) is 34.6 Å². The highest BCUT2D eigenvalue weighted by Gasteiger charge is 2.36. The molecule has 0 saturated carbocycles. The van der Waals surface area contributed by atoms with Crippen LogP contribution in [0.4, 0.5) is 0 Å². The van der Waals surface area contributed by atoms with Crippen LogP contribution in [-0.4, -0.2) is 0 Å². The van der Waals surface area contributed by atoms with E-state index in [1.165, 1.54) is 38.6 Å². The van der Waals surface area contributed by atoms with Crippen LogP contribution in [0.25, 0.3) is 21.9 Å². The highest BCUT2D eigenvalue weighted by molar-refractivity contribution is 7.85. The quantitative estimate of drug-likeness (QED) is 0.244. The number of benzene rings is 5. The molecule has 0 fully saturated rings. The fourth-order valence-electron chi connectivity index (χ4n) is 5.39. The zero-order chi connectivity index (χ0) is 24.7. The summed E-state index contributed by atoms with van der Waals surface area (Å²) in [5.41, 5.74) is 8.31. The van der Waals surface area contributed by atoms with Crippen LogP contribution in [0.15, 0.2) is 97.1 Å². The molecule has 0 heterocycles.